The number of hydrogen-bond acceptors (Lipinski definition) is 4. The minimum atomic E-state index is -0.529. The number of rotatable bonds is 3. The summed E-state index contributed by atoms with van der Waals surface area (Å²) in [6.45, 7) is 1.25. The molecular formula is C14H15N3O2. The molecule has 1 N–H and O–H groups in total. The summed E-state index contributed by atoms with van der Waals surface area (Å²) in [6.07, 6.45) is 0.410. The van der Waals surface area contributed by atoms with Crippen molar-refractivity contribution in [3.63, 3.8) is 0 Å². The van der Waals surface area contributed by atoms with Crippen LogP contribution in [-0.2, 0) is 16.0 Å². The lowest BCUT2D eigenvalue weighted by Gasteiger charge is -2.38. The zero-order valence-corrected chi connectivity index (χ0v) is 10.8. The van der Waals surface area contributed by atoms with Gasteiger partial charge in [-0.25, -0.2) is 0 Å². The smallest absolute Gasteiger partial charge is 0.231 e. The van der Waals surface area contributed by atoms with Crippen molar-refractivity contribution in [3.05, 3.63) is 23.8 Å². The zero-order chi connectivity index (χ0) is 13.5. The van der Waals surface area contributed by atoms with Gasteiger partial charge in [0.05, 0.1) is 25.7 Å². The van der Waals surface area contributed by atoms with Gasteiger partial charge in [0.15, 0.2) is 0 Å². The van der Waals surface area contributed by atoms with Crippen LogP contribution >= 0.6 is 0 Å². The predicted molar refractivity (Wildman–Crippen MR) is 70.9 cm³/mol. The molecule has 1 aromatic rings. The lowest BCUT2D eigenvalue weighted by atomic mass is 9.87. The van der Waals surface area contributed by atoms with Crippen molar-refractivity contribution in [1.82, 2.24) is 0 Å². The average Bonchev–Trinajstić information content (AvgIpc) is 2.68. The van der Waals surface area contributed by atoms with Crippen LogP contribution in [0, 0.1) is 16.7 Å². The van der Waals surface area contributed by atoms with Crippen molar-refractivity contribution in [2.75, 3.05) is 37.0 Å². The van der Waals surface area contributed by atoms with Gasteiger partial charge in [-0.3, -0.25) is 4.79 Å². The molecule has 0 radical (unpaired) electrons. The molecule has 0 spiro atoms. The molecule has 2 heterocycles. The molecule has 1 aromatic carbocycles. The fraction of sp³-hybridized carbons (Fsp3) is 0.429. The van der Waals surface area contributed by atoms with Gasteiger partial charge in [-0.15, -0.1) is 0 Å². The van der Waals surface area contributed by atoms with Crippen molar-refractivity contribution in [3.8, 4) is 6.07 Å². The van der Waals surface area contributed by atoms with Crippen LogP contribution in [0.25, 0.3) is 0 Å². The molecule has 0 atom stereocenters. The van der Waals surface area contributed by atoms with Crippen molar-refractivity contribution >= 4 is 17.3 Å². The number of nitriles is 1. The van der Waals surface area contributed by atoms with E-state index in [1.807, 2.05) is 25.2 Å². The van der Waals surface area contributed by atoms with E-state index in [9.17, 15) is 10.1 Å². The minimum absolute atomic E-state index is 0.0600. The average molecular weight is 257 g/mol. The van der Waals surface area contributed by atoms with E-state index in [2.05, 4.69) is 11.4 Å². The van der Waals surface area contributed by atoms with Crippen molar-refractivity contribution < 1.29 is 9.53 Å². The molecule has 19 heavy (non-hydrogen) atoms. The van der Waals surface area contributed by atoms with Gasteiger partial charge in [0.2, 0.25) is 5.91 Å². The molecule has 5 nitrogen and oxygen atoms in total. The lowest BCUT2D eigenvalue weighted by molar-refractivity contribution is -0.119. The van der Waals surface area contributed by atoms with Gasteiger partial charge in [-0.2, -0.15) is 5.26 Å². The van der Waals surface area contributed by atoms with Crippen LogP contribution in [0.15, 0.2) is 18.2 Å². The number of anilines is 2. The Hall–Kier alpha value is -2.06. The summed E-state index contributed by atoms with van der Waals surface area (Å²) in [5.41, 5.74) is 2.41. The van der Waals surface area contributed by atoms with Crippen LogP contribution in [0.4, 0.5) is 11.4 Å². The highest BCUT2D eigenvalue weighted by Crippen LogP contribution is 2.36. The second-order valence-electron chi connectivity index (χ2n) is 5.14. The third-order valence-electron chi connectivity index (χ3n) is 3.76. The first kappa shape index (κ1) is 12.0. The molecule has 1 saturated heterocycles. The van der Waals surface area contributed by atoms with Gasteiger partial charge in [0, 0.05) is 25.0 Å². The highest BCUT2D eigenvalue weighted by atomic mass is 16.5. The van der Waals surface area contributed by atoms with Crippen LogP contribution in [0.5, 0.6) is 0 Å². The van der Waals surface area contributed by atoms with Crippen molar-refractivity contribution in [1.29, 1.82) is 5.26 Å². The third-order valence-corrected chi connectivity index (χ3v) is 3.76. The molecule has 2 aliphatic heterocycles. The van der Waals surface area contributed by atoms with Gasteiger partial charge in [0.1, 0.15) is 5.41 Å². The molecule has 0 aliphatic carbocycles. The summed E-state index contributed by atoms with van der Waals surface area (Å²) in [7, 11) is 1.85. The van der Waals surface area contributed by atoms with Crippen LogP contribution in [-0.4, -0.2) is 32.7 Å². The Morgan fingerprint density at radius 2 is 2.32 bits per heavy atom. The maximum Gasteiger partial charge on any atom is 0.231 e. The van der Waals surface area contributed by atoms with E-state index < -0.39 is 5.41 Å². The van der Waals surface area contributed by atoms with Crippen molar-refractivity contribution in [2.24, 2.45) is 5.41 Å². The summed E-state index contributed by atoms with van der Waals surface area (Å²) in [5, 5.41) is 12.3. The molecule has 0 bridgehead atoms. The molecule has 0 saturated carbocycles. The fourth-order valence-electron chi connectivity index (χ4n) is 2.55. The van der Waals surface area contributed by atoms with Gasteiger partial charge < -0.3 is 15.0 Å². The summed E-state index contributed by atoms with van der Waals surface area (Å²) < 4.78 is 5.13. The monoisotopic (exact) mass is 257 g/mol. The Balaban J connectivity index is 1.89. The maximum absolute atomic E-state index is 12.1. The Kier molecular flexibility index (Phi) is 2.68. The van der Waals surface area contributed by atoms with E-state index >= 15 is 0 Å². The number of amides is 1. The normalized spacial score (nSPS) is 19.6. The standard InChI is InChI=1S/C14H15N3O2/c1-16-11-2-3-12-10(4-11)5-13(18)17(12)7-14(6-15)8-19-9-14/h2-4,16H,5,7-9H2,1H3. The van der Waals surface area contributed by atoms with Gasteiger partial charge >= 0.3 is 0 Å². The van der Waals surface area contributed by atoms with E-state index in [-0.39, 0.29) is 5.91 Å². The SMILES string of the molecule is CNc1ccc2c(c1)CC(=O)N2CC1(C#N)COC1. The zero-order valence-electron chi connectivity index (χ0n) is 10.8. The molecular weight excluding hydrogens is 242 g/mol. The highest BCUT2D eigenvalue weighted by Gasteiger charge is 2.43. The van der Waals surface area contributed by atoms with E-state index in [1.54, 1.807) is 4.90 Å². The van der Waals surface area contributed by atoms with E-state index in [0.717, 1.165) is 16.9 Å². The summed E-state index contributed by atoms with van der Waals surface area (Å²) in [4.78, 5) is 13.8. The second kappa shape index (κ2) is 4.25. The molecule has 5 heteroatoms. The Morgan fingerprint density at radius 3 is 2.89 bits per heavy atom. The molecule has 98 valence electrons. The van der Waals surface area contributed by atoms with E-state index in [1.165, 1.54) is 0 Å². The first-order chi connectivity index (χ1) is 9.17. The molecule has 1 fully saturated rings. The molecule has 0 unspecified atom stereocenters. The highest BCUT2D eigenvalue weighted by molar-refractivity contribution is 6.02. The van der Waals surface area contributed by atoms with Crippen molar-refractivity contribution in [2.45, 2.75) is 6.42 Å². The number of hydrogen-bond donors (Lipinski definition) is 1. The molecule has 1 amide bonds. The number of fused-ring (bicyclic) bond motifs is 1. The number of carbonyl (C=O) groups is 1. The first-order valence-electron chi connectivity index (χ1n) is 6.27. The fourth-order valence-corrected chi connectivity index (χ4v) is 2.55. The van der Waals surface area contributed by atoms with E-state index in [4.69, 9.17) is 4.74 Å². The number of nitrogens with one attached hydrogen (secondary N) is 1. The summed E-state index contributed by atoms with van der Waals surface area (Å²) in [6, 6.07) is 8.16. The van der Waals surface area contributed by atoms with Gasteiger partial charge in [0.25, 0.3) is 0 Å². The second-order valence-corrected chi connectivity index (χ2v) is 5.14. The Labute approximate surface area is 111 Å². The quantitative estimate of drug-likeness (QED) is 0.882. The van der Waals surface area contributed by atoms with Gasteiger partial charge in [-0.1, -0.05) is 0 Å². The maximum atomic E-state index is 12.1. The van der Waals surface area contributed by atoms with E-state index in [0.29, 0.717) is 26.2 Å². The largest absolute Gasteiger partial charge is 0.388 e. The van der Waals surface area contributed by atoms with Crippen LogP contribution < -0.4 is 10.2 Å². The Morgan fingerprint density at radius 1 is 1.53 bits per heavy atom. The number of benzene rings is 1. The number of carbonyl (C=O) groups excluding carboxylic acids is 1. The minimum Gasteiger partial charge on any atom is -0.388 e. The predicted octanol–water partition coefficient (Wildman–Crippen LogP) is 1.16. The van der Waals surface area contributed by atoms with Crippen LogP contribution in [0.2, 0.25) is 0 Å². The first-order valence-corrected chi connectivity index (χ1v) is 6.27. The van der Waals surface area contributed by atoms with Gasteiger partial charge in [-0.05, 0) is 23.8 Å². The lowest BCUT2D eigenvalue weighted by Crippen LogP contribution is -2.50. The third kappa shape index (κ3) is 1.85. The molecule has 3 rings (SSSR count). The summed E-state index contributed by atoms with van der Waals surface area (Å²) in [5.74, 6) is 0.0600. The molecule has 0 aromatic heterocycles. The topological polar surface area (TPSA) is 65.4 Å². The Bertz CT molecular complexity index is 573. The number of ether oxygens (including phenoxy) is 1. The van der Waals surface area contributed by atoms with Crippen LogP contribution in [0.1, 0.15) is 5.56 Å². The number of nitrogens with zero attached hydrogens (tertiary/aromatic N) is 2. The summed E-state index contributed by atoms with van der Waals surface area (Å²) >= 11 is 0. The van der Waals surface area contributed by atoms with Crippen LogP contribution in [0.3, 0.4) is 0 Å². The molecule has 2 aliphatic rings.